The van der Waals surface area contributed by atoms with Crippen molar-refractivity contribution in [3.63, 3.8) is 0 Å². The Morgan fingerprint density at radius 1 is 1.18 bits per heavy atom. The number of hydrogen-bond acceptors (Lipinski definition) is 5. The number of aromatic nitrogens is 1. The maximum absolute atomic E-state index is 12.7. The number of rotatable bonds is 7. The Morgan fingerprint density at radius 3 is 2.54 bits per heavy atom. The average molecular weight is 382 g/mol. The van der Waals surface area contributed by atoms with Gasteiger partial charge < -0.3 is 14.8 Å². The van der Waals surface area contributed by atoms with Crippen molar-refractivity contribution in [2.24, 2.45) is 5.41 Å². The van der Waals surface area contributed by atoms with Gasteiger partial charge in [-0.3, -0.25) is 4.79 Å². The molecule has 0 aliphatic carbocycles. The van der Waals surface area contributed by atoms with Gasteiger partial charge in [0.1, 0.15) is 11.8 Å². The lowest BCUT2D eigenvalue weighted by Crippen LogP contribution is -2.40. The predicted octanol–water partition coefficient (Wildman–Crippen LogP) is 4.14. The summed E-state index contributed by atoms with van der Waals surface area (Å²) in [5.41, 5.74) is 0.197. The molecule has 1 amide bonds. The molecule has 28 heavy (non-hydrogen) atoms. The number of esters is 1. The Bertz CT molecular complexity index is 826. The quantitative estimate of drug-likeness (QED) is 0.575. The van der Waals surface area contributed by atoms with Crippen LogP contribution in [0.1, 0.15) is 38.1 Å². The molecule has 0 fully saturated rings. The van der Waals surface area contributed by atoms with Gasteiger partial charge in [-0.1, -0.05) is 51.1 Å². The van der Waals surface area contributed by atoms with E-state index in [9.17, 15) is 9.59 Å². The molecule has 1 aromatic heterocycles. The van der Waals surface area contributed by atoms with E-state index in [1.54, 1.807) is 31.2 Å². The van der Waals surface area contributed by atoms with Crippen LogP contribution in [-0.4, -0.2) is 29.5 Å². The first-order valence-corrected chi connectivity index (χ1v) is 9.14. The maximum Gasteiger partial charge on any atom is 0.332 e. The van der Waals surface area contributed by atoms with Crippen LogP contribution in [0.3, 0.4) is 0 Å². The molecule has 1 atom stereocenters. The normalized spacial score (nSPS) is 12.4. The van der Waals surface area contributed by atoms with Crippen LogP contribution in [0.15, 0.2) is 60.8 Å². The fraction of sp³-hybridized carbons (Fsp3) is 0.318. The number of allylic oxidation sites excluding steroid dienone is 1. The molecule has 1 heterocycles. The molecule has 0 bridgehead atoms. The van der Waals surface area contributed by atoms with Gasteiger partial charge in [0.25, 0.3) is 5.91 Å². The summed E-state index contributed by atoms with van der Waals surface area (Å²) in [6, 6.07) is 11.4. The highest BCUT2D eigenvalue weighted by Crippen LogP contribution is 2.19. The minimum Gasteiger partial charge on any atom is -0.464 e. The van der Waals surface area contributed by atoms with E-state index in [4.69, 9.17) is 9.47 Å². The van der Waals surface area contributed by atoms with Crippen molar-refractivity contribution in [3.05, 3.63) is 66.4 Å². The number of nitrogens with one attached hydrogen (secondary N) is 1. The summed E-state index contributed by atoms with van der Waals surface area (Å²) in [7, 11) is 0. The third-order valence-electron chi connectivity index (χ3n) is 3.58. The topological polar surface area (TPSA) is 77.5 Å². The van der Waals surface area contributed by atoms with Crippen LogP contribution in [0.5, 0.6) is 11.6 Å². The van der Waals surface area contributed by atoms with Crippen molar-refractivity contribution in [1.82, 2.24) is 10.3 Å². The average Bonchev–Trinajstić information content (AvgIpc) is 2.65. The number of nitrogens with zero attached hydrogens (tertiary/aromatic N) is 1. The van der Waals surface area contributed by atoms with Gasteiger partial charge in [0.2, 0.25) is 5.88 Å². The third-order valence-corrected chi connectivity index (χ3v) is 3.58. The van der Waals surface area contributed by atoms with Crippen molar-refractivity contribution in [1.29, 1.82) is 0 Å². The van der Waals surface area contributed by atoms with Crippen molar-refractivity contribution in [2.45, 2.75) is 33.7 Å². The molecular formula is C22H26N2O4. The minimum absolute atomic E-state index is 0.136. The number of carbonyl (C=O) groups is 2. The van der Waals surface area contributed by atoms with Crippen molar-refractivity contribution >= 4 is 11.9 Å². The molecular weight excluding hydrogens is 356 g/mol. The van der Waals surface area contributed by atoms with E-state index >= 15 is 0 Å². The van der Waals surface area contributed by atoms with Crippen molar-refractivity contribution < 1.29 is 19.1 Å². The number of amides is 1. The first-order valence-electron chi connectivity index (χ1n) is 9.14. The van der Waals surface area contributed by atoms with Crippen LogP contribution in [0.25, 0.3) is 0 Å². The molecule has 0 saturated carbocycles. The van der Waals surface area contributed by atoms with Gasteiger partial charge >= 0.3 is 5.97 Å². The third kappa shape index (κ3) is 6.87. The largest absolute Gasteiger partial charge is 0.464 e. The van der Waals surface area contributed by atoms with E-state index in [-0.39, 0.29) is 17.9 Å². The predicted molar refractivity (Wildman–Crippen MR) is 107 cm³/mol. The smallest absolute Gasteiger partial charge is 0.332 e. The molecule has 0 aliphatic rings. The van der Waals surface area contributed by atoms with Gasteiger partial charge in [0, 0.05) is 17.8 Å². The molecule has 0 aliphatic heterocycles. The van der Waals surface area contributed by atoms with Crippen LogP contribution < -0.4 is 10.1 Å². The van der Waals surface area contributed by atoms with E-state index in [2.05, 4.69) is 10.3 Å². The lowest BCUT2D eigenvalue weighted by Gasteiger charge is -2.17. The molecule has 1 unspecified atom stereocenters. The molecule has 6 heteroatoms. The summed E-state index contributed by atoms with van der Waals surface area (Å²) < 4.78 is 10.7. The van der Waals surface area contributed by atoms with E-state index in [1.807, 2.05) is 45.0 Å². The van der Waals surface area contributed by atoms with Gasteiger partial charge in [-0.15, -0.1) is 0 Å². The van der Waals surface area contributed by atoms with Crippen LogP contribution >= 0.6 is 0 Å². The molecule has 2 aromatic rings. The summed E-state index contributed by atoms with van der Waals surface area (Å²) in [5.74, 6) is -0.0232. The number of carbonyl (C=O) groups excluding carboxylic acids is 2. The fourth-order valence-electron chi connectivity index (χ4n) is 2.24. The molecule has 6 nitrogen and oxygen atoms in total. The second-order valence-corrected chi connectivity index (χ2v) is 7.23. The van der Waals surface area contributed by atoms with Gasteiger partial charge in [-0.05, 0) is 30.5 Å². The molecule has 1 aromatic carbocycles. The molecule has 0 radical (unpaired) electrons. The van der Waals surface area contributed by atoms with Crippen molar-refractivity contribution in [3.8, 4) is 11.6 Å². The number of benzene rings is 1. The first kappa shape index (κ1) is 21.2. The molecule has 0 spiro atoms. The highest BCUT2D eigenvalue weighted by Gasteiger charge is 2.21. The summed E-state index contributed by atoms with van der Waals surface area (Å²) in [6.45, 7) is 7.97. The standard InChI is InChI=1S/C22H26N2O4/c1-5-27-21(26)18(11-13-22(2,3)4)24-20(25)16-12-14-23-19(15-16)28-17-9-7-6-8-10-17/h6-15,18H,5H2,1-4H3,(H,24,25). The monoisotopic (exact) mass is 382 g/mol. The molecule has 2 rings (SSSR count). The lowest BCUT2D eigenvalue weighted by molar-refractivity contribution is -0.144. The fourth-order valence-corrected chi connectivity index (χ4v) is 2.24. The Labute approximate surface area is 165 Å². The highest BCUT2D eigenvalue weighted by atomic mass is 16.5. The Morgan fingerprint density at radius 2 is 1.89 bits per heavy atom. The Hall–Kier alpha value is -3.15. The number of pyridine rings is 1. The Kier molecular flexibility index (Phi) is 7.32. The first-order chi connectivity index (χ1) is 13.3. The van der Waals surface area contributed by atoms with Gasteiger partial charge in [0.15, 0.2) is 0 Å². The van der Waals surface area contributed by atoms with Crippen LogP contribution in [0.2, 0.25) is 0 Å². The highest BCUT2D eigenvalue weighted by molar-refractivity contribution is 5.97. The minimum atomic E-state index is -0.877. The van der Waals surface area contributed by atoms with Crippen molar-refractivity contribution in [2.75, 3.05) is 6.61 Å². The van der Waals surface area contributed by atoms with E-state index < -0.39 is 17.9 Å². The van der Waals surface area contributed by atoms with E-state index in [0.717, 1.165) is 0 Å². The number of para-hydroxylation sites is 1. The Balaban J connectivity index is 2.15. The van der Waals surface area contributed by atoms with Gasteiger partial charge in [0.05, 0.1) is 6.61 Å². The maximum atomic E-state index is 12.7. The van der Waals surface area contributed by atoms with Crippen LogP contribution in [-0.2, 0) is 9.53 Å². The zero-order valence-corrected chi connectivity index (χ0v) is 16.6. The van der Waals surface area contributed by atoms with E-state index in [0.29, 0.717) is 11.3 Å². The molecule has 148 valence electrons. The van der Waals surface area contributed by atoms with Gasteiger partial charge in [-0.2, -0.15) is 0 Å². The summed E-state index contributed by atoms with van der Waals surface area (Å²) in [4.78, 5) is 29.0. The zero-order chi connectivity index (χ0) is 20.6. The zero-order valence-electron chi connectivity index (χ0n) is 16.6. The van der Waals surface area contributed by atoms with E-state index in [1.165, 1.54) is 12.3 Å². The summed E-state index contributed by atoms with van der Waals surface area (Å²) in [6.07, 6.45) is 5.00. The number of hydrogen-bond donors (Lipinski definition) is 1. The summed E-state index contributed by atoms with van der Waals surface area (Å²) in [5, 5.41) is 2.70. The number of ether oxygens (including phenoxy) is 2. The lowest BCUT2D eigenvalue weighted by atomic mass is 9.95. The molecule has 1 N–H and O–H groups in total. The second-order valence-electron chi connectivity index (χ2n) is 7.23. The van der Waals surface area contributed by atoms with Crippen LogP contribution in [0.4, 0.5) is 0 Å². The second kappa shape index (κ2) is 9.69. The summed E-state index contributed by atoms with van der Waals surface area (Å²) >= 11 is 0. The van der Waals surface area contributed by atoms with Crippen LogP contribution in [0, 0.1) is 5.41 Å². The molecule has 0 saturated heterocycles. The SMILES string of the molecule is CCOC(=O)C(C=CC(C)(C)C)NC(=O)c1ccnc(Oc2ccccc2)c1. The van der Waals surface area contributed by atoms with Gasteiger partial charge in [-0.25, -0.2) is 9.78 Å².